The first-order chi connectivity index (χ1) is 21.6. The van der Waals surface area contributed by atoms with E-state index < -0.39 is 70.4 Å². The van der Waals surface area contributed by atoms with Crippen molar-refractivity contribution in [3.63, 3.8) is 0 Å². The number of carboxylic acids is 2. The van der Waals surface area contributed by atoms with Gasteiger partial charge < -0.3 is 20.4 Å². The number of halogens is 4. The molecule has 4 heterocycles. The monoisotopic (exact) mass is 738 g/mol. The van der Waals surface area contributed by atoms with Crippen molar-refractivity contribution in [3.05, 3.63) is 31.9 Å². The first-order valence-electron chi connectivity index (χ1n) is 12.3. The molecule has 22 heteroatoms. The molecule has 1 saturated heterocycles. The Kier molecular flexibility index (Phi) is 10.9. The van der Waals surface area contributed by atoms with E-state index in [1.54, 1.807) is 6.92 Å². The smallest absolute Gasteiger partial charge is 0.471 e. The van der Waals surface area contributed by atoms with Crippen LogP contribution in [0, 0.1) is 19.3 Å². The van der Waals surface area contributed by atoms with Crippen LogP contribution in [0.4, 0.5) is 18.3 Å². The molecule has 14 nitrogen and oxygen atoms in total. The minimum absolute atomic E-state index is 0.139. The summed E-state index contributed by atoms with van der Waals surface area (Å²) in [6, 6.07) is -1.25. The van der Waals surface area contributed by atoms with Gasteiger partial charge >= 0.3 is 24.0 Å². The Morgan fingerprint density at radius 3 is 2.61 bits per heavy atom. The number of aliphatic carboxylic acids is 2. The van der Waals surface area contributed by atoms with E-state index in [1.165, 1.54) is 28.4 Å². The van der Waals surface area contributed by atoms with Crippen LogP contribution in [0.5, 0.6) is 0 Å². The highest BCUT2D eigenvalue weighted by Crippen LogP contribution is 2.42. The van der Waals surface area contributed by atoms with E-state index in [-0.39, 0.29) is 28.0 Å². The van der Waals surface area contributed by atoms with Crippen LogP contribution in [0.1, 0.15) is 16.3 Å². The number of carboxylic acid groups (broad SMARTS) is 2. The van der Waals surface area contributed by atoms with Gasteiger partial charge in [0.05, 0.1) is 12.1 Å². The number of fused-ring (bicyclic) bond motifs is 1. The summed E-state index contributed by atoms with van der Waals surface area (Å²) in [6.07, 6.45) is -0.313. The van der Waals surface area contributed by atoms with E-state index in [4.69, 9.17) is 28.0 Å². The van der Waals surface area contributed by atoms with E-state index in [0.717, 1.165) is 16.7 Å². The molecule has 244 valence electrons. The number of carbonyl (C=O) groups is 5. The highest BCUT2D eigenvalue weighted by Gasteiger charge is 2.54. The number of hydrogen-bond donors (Lipinski definition) is 4. The molecular weight excluding hydrogens is 721 g/mol. The Morgan fingerprint density at radius 2 is 1.98 bits per heavy atom. The molecule has 4 N–H and O–H groups in total. The largest absolute Gasteiger partial charge is 0.481 e. The van der Waals surface area contributed by atoms with Crippen LogP contribution in [0.3, 0.4) is 0 Å². The van der Waals surface area contributed by atoms with E-state index >= 15 is 0 Å². The standard InChI is InChI=1S/C24H18ClF3N6O8S4/c1-3-4-42-33-13(12-16(25)46-22(31-12)32-21(41)24(26,27)28)17(37)30-14-18(38)34-15(20(39)40)9(6-43-19(14)34)7-44-23-29-8(2)10(45-23)5-11(35)36/h1,14,19H,4-7H2,2H3,(H,30,37)(H,35,36)(H,39,40)(H,31,32,41)/t14?,19-/m1/s1. The number of carbonyl (C=O) groups excluding carboxylic acids is 3. The number of amides is 3. The van der Waals surface area contributed by atoms with Crippen molar-refractivity contribution in [2.45, 2.75) is 35.3 Å². The van der Waals surface area contributed by atoms with Crippen LogP contribution in [-0.2, 0) is 35.2 Å². The molecular formula is C24H18ClF3N6O8S4. The minimum Gasteiger partial charge on any atom is -0.481 e. The predicted octanol–water partition coefficient (Wildman–Crippen LogP) is 2.57. The lowest BCUT2D eigenvalue weighted by Gasteiger charge is -2.49. The Balaban J connectivity index is 1.50. The molecule has 2 aliphatic heterocycles. The zero-order valence-corrected chi connectivity index (χ0v) is 26.9. The minimum atomic E-state index is -5.23. The third kappa shape index (κ3) is 7.75. The van der Waals surface area contributed by atoms with Crippen LogP contribution in [0.2, 0.25) is 4.34 Å². The molecule has 0 radical (unpaired) electrons. The van der Waals surface area contributed by atoms with Gasteiger partial charge in [0.1, 0.15) is 27.1 Å². The van der Waals surface area contributed by atoms with Crippen molar-refractivity contribution in [3.8, 4) is 12.3 Å². The van der Waals surface area contributed by atoms with Crippen LogP contribution < -0.4 is 10.6 Å². The first-order valence-corrected chi connectivity index (χ1v) is 16.4. The average molecular weight is 739 g/mol. The van der Waals surface area contributed by atoms with Crippen molar-refractivity contribution < 1.29 is 52.2 Å². The van der Waals surface area contributed by atoms with Gasteiger partial charge in [0.2, 0.25) is 0 Å². The number of aromatic nitrogens is 2. The maximum Gasteiger partial charge on any atom is 0.471 e. The van der Waals surface area contributed by atoms with Gasteiger partial charge in [0.15, 0.2) is 21.8 Å². The molecule has 2 aromatic heterocycles. The SMILES string of the molecule is C#CCON=C(C(=O)NC1C(=O)N2C(C(=O)O)=C(CSc3nc(C)c(CC(=O)O)s3)CS[C@H]12)c1nc(NC(=O)C(F)(F)F)sc1Cl. The Labute approximate surface area is 277 Å². The van der Waals surface area contributed by atoms with Crippen LogP contribution in [0.15, 0.2) is 20.8 Å². The zero-order valence-electron chi connectivity index (χ0n) is 22.8. The fraction of sp³-hybridized carbons (Fsp3) is 0.333. The summed E-state index contributed by atoms with van der Waals surface area (Å²) in [4.78, 5) is 75.5. The predicted molar refractivity (Wildman–Crippen MR) is 162 cm³/mol. The summed E-state index contributed by atoms with van der Waals surface area (Å²) in [6.45, 7) is 1.24. The van der Waals surface area contributed by atoms with E-state index in [2.05, 4.69) is 26.4 Å². The lowest BCUT2D eigenvalue weighted by molar-refractivity contribution is -0.167. The molecule has 0 bridgehead atoms. The molecule has 1 unspecified atom stereocenters. The average Bonchev–Trinajstić information content (AvgIpc) is 3.51. The molecule has 2 aliphatic rings. The second-order valence-electron chi connectivity index (χ2n) is 8.98. The number of rotatable bonds is 12. The van der Waals surface area contributed by atoms with Crippen LogP contribution in [-0.4, -0.2) is 96.2 Å². The number of hydrogen-bond acceptors (Lipinski definition) is 13. The number of aryl methyl sites for hydroxylation is 1. The third-order valence-corrected chi connectivity index (χ3v) is 10.8. The molecule has 2 atom stereocenters. The quantitative estimate of drug-likeness (QED) is 0.0621. The van der Waals surface area contributed by atoms with Gasteiger partial charge in [-0.3, -0.25) is 29.4 Å². The second-order valence-corrected chi connectivity index (χ2v) is 14.0. The molecule has 0 aromatic carbocycles. The maximum atomic E-state index is 13.3. The number of thiazole rings is 2. The highest BCUT2D eigenvalue weighted by molar-refractivity contribution is 8.01. The fourth-order valence-electron chi connectivity index (χ4n) is 3.91. The van der Waals surface area contributed by atoms with E-state index in [9.17, 15) is 42.3 Å². The number of nitrogens with zero attached hydrogens (tertiary/aromatic N) is 4. The lowest BCUT2D eigenvalue weighted by atomic mass is 10.0. The molecule has 2 aromatic rings. The van der Waals surface area contributed by atoms with Crippen molar-refractivity contribution >= 4 is 98.3 Å². The topological polar surface area (TPSA) is 200 Å². The Morgan fingerprint density at radius 1 is 1.26 bits per heavy atom. The van der Waals surface area contributed by atoms with Crippen LogP contribution >= 0.6 is 57.8 Å². The van der Waals surface area contributed by atoms with Gasteiger partial charge in [-0.15, -0.1) is 29.5 Å². The van der Waals surface area contributed by atoms with E-state index in [0.29, 0.717) is 31.8 Å². The number of thioether (sulfide) groups is 2. The maximum absolute atomic E-state index is 13.3. The van der Waals surface area contributed by atoms with Gasteiger partial charge in [0, 0.05) is 16.4 Å². The van der Waals surface area contributed by atoms with Crippen molar-refractivity contribution in [1.82, 2.24) is 20.2 Å². The summed E-state index contributed by atoms with van der Waals surface area (Å²) < 4.78 is 38.2. The third-order valence-electron chi connectivity index (χ3n) is 5.90. The summed E-state index contributed by atoms with van der Waals surface area (Å²) >= 11 is 10.0. The lowest BCUT2D eigenvalue weighted by Crippen LogP contribution is -2.71. The fourth-order valence-corrected chi connectivity index (χ4v) is 8.66. The summed E-state index contributed by atoms with van der Waals surface area (Å²) in [5.41, 5.74) is -0.483. The van der Waals surface area contributed by atoms with Crippen molar-refractivity contribution in [2.75, 3.05) is 23.4 Å². The van der Waals surface area contributed by atoms with Gasteiger partial charge in [-0.05, 0) is 12.5 Å². The molecule has 0 aliphatic carbocycles. The molecule has 46 heavy (non-hydrogen) atoms. The molecule has 0 spiro atoms. The van der Waals surface area contributed by atoms with Crippen LogP contribution in [0.25, 0.3) is 0 Å². The summed E-state index contributed by atoms with van der Waals surface area (Å²) in [7, 11) is 0. The Bertz CT molecular complexity index is 1720. The van der Waals surface area contributed by atoms with Crippen molar-refractivity contribution in [1.29, 1.82) is 0 Å². The molecule has 1 fully saturated rings. The number of nitrogens with one attached hydrogen (secondary N) is 2. The number of β-lactam (4-membered cyclic amide) rings is 1. The molecule has 4 rings (SSSR count). The van der Waals surface area contributed by atoms with E-state index in [1.807, 2.05) is 0 Å². The number of anilines is 1. The summed E-state index contributed by atoms with van der Waals surface area (Å²) in [5, 5.41) is 25.0. The van der Waals surface area contributed by atoms with Gasteiger partial charge in [0.25, 0.3) is 11.8 Å². The first kappa shape index (κ1) is 35.0. The second kappa shape index (κ2) is 14.3. The Hall–Kier alpha value is -3.84. The normalized spacial score (nSPS) is 18.0. The summed E-state index contributed by atoms with van der Waals surface area (Å²) in [5.74, 6) is -4.22. The number of oxime groups is 1. The molecule has 0 saturated carbocycles. The highest BCUT2D eigenvalue weighted by atomic mass is 35.5. The van der Waals surface area contributed by atoms with Gasteiger partial charge in [-0.2, -0.15) is 13.2 Å². The van der Waals surface area contributed by atoms with Gasteiger partial charge in [-0.25, -0.2) is 14.8 Å². The number of terminal acetylenes is 1. The molecule has 3 amide bonds. The zero-order chi connectivity index (χ0) is 33.9. The number of alkyl halides is 3. The van der Waals surface area contributed by atoms with Gasteiger partial charge in [-0.1, -0.05) is 45.8 Å². The van der Waals surface area contributed by atoms with Crippen molar-refractivity contribution in [2.24, 2.45) is 5.16 Å².